The maximum atomic E-state index is 12.5. The van der Waals surface area contributed by atoms with Gasteiger partial charge in [0.25, 0.3) is 0 Å². The molecule has 1 aromatic carbocycles. The van der Waals surface area contributed by atoms with E-state index in [4.69, 9.17) is 9.73 Å². The van der Waals surface area contributed by atoms with E-state index in [1.54, 1.807) is 0 Å². The molecule has 0 aliphatic carbocycles. The van der Waals surface area contributed by atoms with Gasteiger partial charge in [-0.2, -0.15) is 0 Å². The van der Waals surface area contributed by atoms with Gasteiger partial charge in [-0.15, -0.1) is 0 Å². The van der Waals surface area contributed by atoms with Crippen LogP contribution >= 0.6 is 0 Å². The van der Waals surface area contributed by atoms with Crippen molar-refractivity contribution in [2.45, 2.75) is 59.9 Å². The molecule has 7 heteroatoms. The Kier molecular flexibility index (Phi) is 10.3. The van der Waals surface area contributed by atoms with Crippen LogP contribution in [0.2, 0.25) is 0 Å². The molecule has 7 nitrogen and oxygen atoms in total. The van der Waals surface area contributed by atoms with E-state index in [2.05, 4.69) is 48.3 Å². The van der Waals surface area contributed by atoms with Crippen molar-refractivity contribution >= 4 is 11.9 Å². The predicted molar refractivity (Wildman–Crippen MR) is 127 cm³/mol. The summed E-state index contributed by atoms with van der Waals surface area (Å²) in [6.07, 6.45) is 0.512. The molecule has 1 amide bonds. The van der Waals surface area contributed by atoms with E-state index in [0.29, 0.717) is 13.1 Å². The van der Waals surface area contributed by atoms with Crippen molar-refractivity contribution in [2.75, 3.05) is 46.3 Å². The minimum absolute atomic E-state index is 0.120. The third kappa shape index (κ3) is 7.82. The van der Waals surface area contributed by atoms with E-state index in [1.165, 1.54) is 11.1 Å². The number of ether oxygens (including phenoxy) is 1. The zero-order valence-corrected chi connectivity index (χ0v) is 20.2. The fourth-order valence-electron chi connectivity index (χ4n) is 4.10. The summed E-state index contributed by atoms with van der Waals surface area (Å²) in [5.74, 6) is 0.875. The fourth-order valence-corrected chi connectivity index (χ4v) is 4.10. The van der Waals surface area contributed by atoms with Crippen molar-refractivity contribution in [2.24, 2.45) is 4.99 Å². The van der Waals surface area contributed by atoms with Crippen molar-refractivity contribution in [3.63, 3.8) is 0 Å². The summed E-state index contributed by atoms with van der Waals surface area (Å²) in [6, 6.07) is 8.50. The van der Waals surface area contributed by atoms with Gasteiger partial charge in [0.15, 0.2) is 5.96 Å². The average molecular weight is 432 g/mol. The van der Waals surface area contributed by atoms with Gasteiger partial charge in [0, 0.05) is 46.3 Å². The number of nitrogens with one attached hydrogen (secondary N) is 1. The van der Waals surface area contributed by atoms with Crippen LogP contribution < -0.4 is 5.32 Å². The van der Waals surface area contributed by atoms with Crippen LogP contribution in [-0.2, 0) is 22.6 Å². The fraction of sp³-hybridized carbons (Fsp3) is 0.667. The lowest BCUT2D eigenvalue weighted by Crippen LogP contribution is -2.45. The largest absolute Gasteiger partial charge is 0.373 e. The predicted octanol–water partition coefficient (Wildman–Crippen LogP) is 2.56. The number of guanidine groups is 1. The molecule has 0 spiro atoms. The first-order chi connectivity index (χ1) is 14.9. The summed E-state index contributed by atoms with van der Waals surface area (Å²) in [5.41, 5.74) is 2.51. The van der Waals surface area contributed by atoms with Gasteiger partial charge in [-0.3, -0.25) is 9.69 Å². The maximum Gasteiger partial charge on any atom is 0.242 e. The average Bonchev–Trinajstić information content (AvgIpc) is 2.72. The van der Waals surface area contributed by atoms with Gasteiger partial charge in [-0.05, 0) is 45.7 Å². The highest BCUT2D eigenvalue weighted by Crippen LogP contribution is 2.17. The standard InChI is InChI=1S/C24H41N5O2/c1-7-25-24(27(6)18-23(30)29(8-2)9-3)26-14-21-12-10-11-13-22(21)17-28-15-19(4)31-20(5)16-28/h10-13,19-20H,7-9,14-18H2,1-6H3,(H,25,26). The van der Waals surface area contributed by atoms with Crippen molar-refractivity contribution in [1.29, 1.82) is 0 Å². The molecule has 31 heavy (non-hydrogen) atoms. The topological polar surface area (TPSA) is 60.4 Å². The highest BCUT2D eigenvalue weighted by molar-refractivity contribution is 5.86. The quantitative estimate of drug-likeness (QED) is 0.481. The second-order valence-electron chi connectivity index (χ2n) is 8.31. The van der Waals surface area contributed by atoms with E-state index < -0.39 is 0 Å². The molecule has 0 bridgehead atoms. The molecule has 0 saturated carbocycles. The molecule has 1 aliphatic heterocycles. The van der Waals surface area contributed by atoms with Crippen LogP contribution in [0.25, 0.3) is 0 Å². The van der Waals surface area contributed by atoms with E-state index >= 15 is 0 Å². The molecular weight excluding hydrogens is 390 g/mol. The molecule has 2 atom stereocenters. The zero-order valence-electron chi connectivity index (χ0n) is 20.2. The number of carbonyl (C=O) groups excluding carboxylic acids is 1. The molecule has 174 valence electrons. The Morgan fingerprint density at radius 2 is 1.74 bits per heavy atom. The van der Waals surface area contributed by atoms with Gasteiger partial charge in [0.2, 0.25) is 5.91 Å². The summed E-state index contributed by atoms with van der Waals surface area (Å²) in [7, 11) is 1.92. The van der Waals surface area contributed by atoms with E-state index in [1.807, 2.05) is 37.6 Å². The zero-order chi connectivity index (χ0) is 22.8. The molecule has 1 heterocycles. The lowest BCUT2D eigenvalue weighted by atomic mass is 10.1. The normalized spacial score (nSPS) is 19.9. The minimum Gasteiger partial charge on any atom is -0.373 e. The molecule has 2 rings (SSSR count). The van der Waals surface area contributed by atoms with E-state index in [-0.39, 0.29) is 18.1 Å². The minimum atomic E-state index is 0.120. The van der Waals surface area contributed by atoms with Gasteiger partial charge in [0.05, 0.1) is 25.3 Å². The summed E-state index contributed by atoms with van der Waals surface area (Å²) < 4.78 is 5.87. The van der Waals surface area contributed by atoms with Gasteiger partial charge in [-0.1, -0.05) is 24.3 Å². The van der Waals surface area contributed by atoms with Gasteiger partial charge in [0.1, 0.15) is 0 Å². The lowest BCUT2D eigenvalue weighted by molar-refractivity contribution is -0.131. The van der Waals surface area contributed by atoms with Crippen LogP contribution in [0.1, 0.15) is 45.7 Å². The highest BCUT2D eigenvalue weighted by atomic mass is 16.5. The summed E-state index contributed by atoms with van der Waals surface area (Å²) >= 11 is 0. The molecule has 1 fully saturated rings. The Balaban J connectivity index is 2.09. The molecule has 1 N–H and O–H groups in total. The Labute approximate surface area is 188 Å². The van der Waals surface area contributed by atoms with Crippen LogP contribution in [0.5, 0.6) is 0 Å². The Hall–Kier alpha value is -2.12. The number of amides is 1. The van der Waals surface area contributed by atoms with Crippen molar-refractivity contribution in [3.05, 3.63) is 35.4 Å². The summed E-state index contributed by atoms with van der Waals surface area (Å²) in [5, 5.41) is 3.32. The first-order valence-corrected chi connectivity index (χ1v) is 11.6. The number of carbonyl (C=O) groups is 1. The maximum absolute atomic E-state index is 12.5. The molecule has 1 aromatic rings. The molecule has 0 radical (unpaired) electrons. The first-order valence-electron chi connectivity index (χ1n) is 11.6. The second kappa shape index (κ2) is 12.7. The van der Waals surface area contributed by atoms with Crippen LogP contribution in [-0.4, -0.2) is 85.1 Å². The van der Waals surface area contributed by atoms with Gasteiger partial charge >= 0.3 is 0 Å². The molecule has 2 unspecified atom stereocenters. The number of morpholine rings is 1. The molecular formula is C24H41N5O2. The third-order valence-corrected chi connectivity index (χ3v) is 5.59. The smallest absolute Gasteiger partial charge is 0.242 e. The number of rotatable bonds is 9. The van der Waals surface area contributed by atoms with Gasteiger partial charge < -0.3 is 19.9 Å². The van der Waals surface area contributed by atoms with E-state index in [0.717, 1.165) is 45.2 Å². The number of hydrogen-bond acceptors (Lipinski definition) is 4. The summed E-state index contributed by atoms with van der Waals surface area (Å²) in [4.78, 5) is 23.6. The summed E-state index contributed by atoms with van der Waals surface area (Å²) in [6.45, 7) is 16.2. The highest BCUT2D eigenvalue weighted by Gasteiger charge is 2.22. The molecule has 1 saturated heterocycles. The monoisotopic (exact) mass is 431 g/mol. The SMILES string of the molecule is CCNC(=NCc1ccccc1CN1CC(C)OC(C)C1)N(C)CC(=O)N(CC)CC. The Morgan fingerprint density at radius 3 is 2.32 bits per heavy atom. The van der Waals surface area contributed by atoms with Gasteiger partial charge in [-0.25, -0.2) is 4.99 Å². The van der Waals surface area contributed by atoms with Crippen molar-refractivity contribution < 1.29 is 9.53 Å². The number of nitrogens with zero attached hydrogens (tertiary/aromatic N) is 4. The molecule has 1 aliphatic rings. The Morgan fingerprint density at radius 1 is 1.13 bits per heavy atom. The van der Waals surface area contributed by atoms with Crippen LogP contribution in [0.4, 0.5) is 0 Å². The Bertz CT molecular complexity index is 710. The molecule has 0 aromatic heterocycles. The number of aliphatic imine (C=N–C) groups is 1. The third-order valence-electron chi connectivity index (χ3n) is 5.59. The van der Waals surface area contributed by atoms with Crippen molar-refractivity contribution in [1.82, 2.24) is 20.0 Å². The van der Waals surface area contributed by atoms with Crippen LogP contribution in [0.3, 0.4) is 0 Å². The van der Waals surface area contributed by atoms with Crippen molar-refractivity contribution in [3.8, 4) is 0 Å². The van der Waals surface area contributed by atoms with E-state index in [9.17, 15) is 4.79 Å². The second-order valence-corrected chi connectivity index (χ2v) is 8.31. The number of benzene rings is 1. The number of hydrogen-bond donors (Lipinski definition) is 1. The van der Waals surface area contributed by atoms with Crippen LogP contribution in [0, 0.1) is 0 Å². The first kappa shape index (κ1) is 25.1. The number of likely N-dealkylation sites (N-methyl/N-ethyl adjacent to an activating group) is 2. The van der Waals surface area contributed by atoms with Crippen LogP contribution in [0.15, 0.2) is 29.3 Å². The lowest BCUT2D eigenvalue weighted by Gasteiger charge is -2.35.